The van der Waals surface area contributed by atoms with E-state index in [0.717, 1.165) is 55.3 Å². The van der Waals surface area contributed by atoms with E-state index in [1.807, 2.05) is 0 Å². The SMILES string of the molecule is O=C(NCc1ccc(S(=O)(=O)N2CCCCC2)cc1)c1nn(-c2ccccc2F)c2c1CCC2. The number of nitrogens with one attached hydrogen (secondary N) is 1. The lowest BCUT2D eigenvalue weighted by Crippen LogP contribution is -2.35. The van der Waals surface area contributed by atoms with Crippen LogP contribution in [-0.2, 0) is 29.4 Å². The first kappa shape index (κ1) is 22.7. The van der Waals surface area contributed by atoms with Gasteiger partial charge >= 0.3 is 0 Å². The summed E-state index contributed by atoms with van der Waals surface area (Å²) in [6.45, 7) is 1.36. The highest BCUT2D eigenvalue weighted by atomic mass is 32.2. The summed E-state index contributed by atoms with van der Waals surface area (Å²) in [7, 11) is -3.48. The maximum atomic E-state index is 14.4. The molecule has 1 aliphatic heterocycles. The molecule has 9 heteroatoms. The van der Waals surface area contributed by atoms with Gasteiger partial charge in [-0.15, -0.1) is 0 Å². The number of carbonyl (C=O) groups excluding carboxylic acids is 1. The second-order valence-corrected chi connectivity index (χ2v) is 10.7. The Bertz CT molecular complexity index is 1310. The number of rotatable bonds is 6. The third-order valence-corrected chi connectivity index (χ3v) is 8.47. The minimum Gasteiger partial charge on any atom is -0.347 e. The number of amides is 1. The molecule has 0 spiro atoms. The molecular weight excluding hydrogens is 455 g/mol. The van der Waals surface area contributed by atoms with Crippen molar-refractivity contribution in [2.45, 2.75) is 50.0 Å². The van der Waals surface area contributed by atoms with Gasteiger partial charge < -0.3 is 5.32 Å². The third-order valence-electron chi connectivity index (χ3n) is 6.56. The van der Waals surface area contributed by atoms with E-state index in [1.54, 1.807) is 51.5 Å². The lowest BCUT2D eigenvalue weighted by atomic mass is 10.2. The van der Waals surface area contributed by atoms with Crippen molar-refractivity contribution in [2.24, 2.45) is 0 Å². The molecule has 1 fully saturated rings. The van der Waals surface area contributed by atoms with Crippen LogP contribution in [0.2, 0.25) is 0 Å². The Kier molecular flexibility index (Phi) is 6.22. The van der Waals surface area contributed by atoms with Gasteiger partial charge in [-0.25, -0.2) is 17.5 Å². The molecule has 1 N–H and O–H groups in total. The lowest BCUT2D eigenvalue weighted by molar-refractivity contribution is 0.0944. The topological polar surface area (TPSA) is 84.3 Å². The molecule has 5 rings (SSSR count). The average molecular weight is 483 g/mol. The summed E-state index contributed by atoms with van der Waals surface area (Å²) in [5.41, 5.74) is 3.19. The summed E-state index contributed by atoms with van der Waals surface area (Å²) >= 11 is 0. The smallest absolute Gasteiger partial charge is 0.272 e. The van der Waals surface area contributed by atoms with Crippen LogP contribution in [0, 0.1) is 5.82 Å². The number of para-hydroxylation sites is 1. The molecule has 1 amide bonds. The lowest BCUT2D eigenvalue weighted by Gasteiger charge is -2.25. The summed E-state index contributed by atoms with van der Waals surface area (Å²) in [4.78, 5) is 13.2. The Morgan fingerprint density at radius 1 is 0.971 bits per heavy atom. The molecule has 3 aromatic rings. The molecule has 178 valence electrons. The minimum atomic E-state index is -3.48. The first-order valence-corrected chi connectivity index (χ1v) is 13.1. The molecule has 0 bridgehead atoms. The summed E-state index contributed by atoms with van der Waals surface area (Å²) in [5, 5.41) is 7.33. The first-order chi connectivity index (χ1) is 16.4. The predicted octanol–water partition coefficient (Wildman–Crippen LogP) is 3.60. The number of nitrogens with zero attached hydrogens (tertiary/aromatic N) is 3. The number of hydrogen-bond donors (Lipinski definition) is 1. The molecular formula is C25H27FN4O3S. The van der Waals surface area contributed by atoms with Crippen molar-refractivity contribution in [1.82, 2.24) is 19.4 Å². The number of piperidine rings is 1. The molecule has 0 saturated carbocycles. The second kappa shape index (κ2) is 9.31. The number of carbonyl (C=O) groups is 1. The summed E-state index contributed by atoms with van der Waals surface area (Å²) in [6.07, 6.45) is 5.22. The molecule has 2 heterocycles. The van der Waals surface area contributed by atoms with Gasteiger partial charge in [-0.3, -0.25) is 4.79 Å². The Labute approximate surface area is 198 Å². The van der Waals surface area contributed by atoms with Gasteiger partial charge in [0.2, 0.25) is 10.0 Å². The van der Waals surface area contributed by atoms with Crippen molar-refractivity contribution < 1.29 is 17.6 Å². The fourth-order valence-corrected chi connectivity index (χ4v) is 6.26. The summed E-state index contributed by atoms with van der Waals surface area (Å²) in [5.74, 6) is -0.704. The summed E-state index contributed by atoms with van der Waals surface area (Å²) in [6, 6.07) is 13.0. The quantitative estimate of drug-likeness (QED) is 0.582. The second-order valence-electron chi connectivity index (χ2n) is 8.78. The van der Waals surface area contributed by atoms with Crippen LogP contribution < -0.4 is 5.32 Å². The highest BCUT2D eigenvalue weighted by molar-refractivity contribution is 7.89. The van der Waals surface area contributed by atoms with Gasteiger partial charge in [-0.1, -0.05) is 30.7 Å². The standard InChI is InChI=1S/C25H27FN4O3S/c26-21-8-2-3-9-23(21)30-22-10-6-7-20(22)24(28-30)25(31)27-17-18-11-13-19(14-12-18)34(32,33)29-15-4-1-5-16-29/h2-3,8-9,11-14H,1,4-7,10,15-17H2,(H,27,31). The first-order valence-electron chi connectivity index (χ1n) is 11.7. The number of halogens is 1. The number of benzene rings is 2. The molecule has 0 radical (unpaired) electrons. The monoisotopic (exact) mass is 482 g/mol. The van der Waals surface area contributed by atoms with Crippen molar-refractivity contribution in [3.63, 3.8) is 0 Å². The van der Waals surface area contributed by atoms with Crippen LogP contribution in [0.4, 0.5) is 4.39 Å². The van der Waals surface area contributed by atoms with Crippen LogP contribution in [0.25, 0.3) is 5.69 Å². The highest BCUT2D eigenvalue weighted by Gasteiger charge is 2.28. The molecule has 1 saturated heterocycles. The minimum absolute atomic E-state index is 0.240. The van der Waals surface area contributed by atoms with Gasteiger partial charge in [0.1, 0.15) is 11.5 Å². The van der Waals surface area contributed by atoms with Crippen LogP contribution in [-0.4, -0.2) is 41.5 Å². The Morgan fingerprint density at radius 2 is 1.71 bits per heavy atom. The van der Waals surface area contributed by atoms with Crippen LogP contribution in [0.15, 0.2) is 53.4 Å². The summed E-state index contributed by atoms with van der Waals surface area (Å²) < 4.78 is 43.1. The molecule has 0 atom stereocenters. The Balaban J connectivity index is 1.30. The van der Waals surface area contributed by atoms with Crippen LogP contribution >= 0.6 is 0 Å². The fraction of sp³-hybridized carbons (Fsp3) is 0.360. The van der Waals surface area contributed by atoms with Gasteiger partial charge in [-0.05, 0) is 61.9 Å². The molecule has 0 unspecified atom stereocenters. The van der Waals surface area contributed by atoms with Crippen LogP contribution in [0.1, 0.15) is 53.0 Å². The maximum absolute atomic E-state index is 14.4. The zero-order valence-electron chi connectivity index (χ0n) is 18.8. The number of sulfonamides is 1. The molecule has 1 aliphatic carbocycles. The molecule has 34 heavy (non-hydrogen) atoms. The van der Waals surface area contributed by atoms with Crippen molar-refractivity contribution in [2.75, 3.05) is 13.1 Å². The van der Waals surface area contributed by atoms with Crippen LogP contribution in [0.3, 0.4) is 0 Å². The van der Waals surface area contributed by atoms with E-state index in [9.17, 15) is 17.6 Å². The van der Waals surface area contributed by atoms with Crippen molar-refractivity contribution in [3.8, 4) is 5.69 Å². The third kappa shape index (κ3) is 4.25. The van der Waals surface area contributed by atoms with Gasteiger partial charge in [0, 0.05) is 30.9 Å². The van der Waals surface area contributed by atoms with Crippen molar-refractivity contribution in [3.05, 3.63) is 76.9 Å². The highest BCUT2D eigenvalue weighted by Crippen LogP contribution is 2.29. The van der Waals surface area contributed by atoms with E-state index in [2.05, 4.69) is 10.4 Å². The van der Waals surface area contributed by atoms with E-state index in [1.165, 1.54) is 6.07 Å². The van der Waals surface area contributed by atoms with E-state index < -0.39 is 10.0 Å². The number of hydrogen-bond acceptors (Lipinski definition) is 4. The fourth-order valence-electron chi connectivity index (χ4n) is 4.74. The van der Waals surface area contributed by atoms with Gasteiger partial charge in [-0.2, -0.15) is 9.40 Å². The Hall–Kier alpha value is -3.04. The van der Waals surface area contributed by atoms with Gasteiger partial charge in [0.25, 0.3) is 5.91 Å². The zero-order valence-corrected chi connectivity index (χ0v) is 19.7. The van der Waals surface area contributed by atoms with E-state index in [-0.39, 0.29) is 23.2 Å². The normalized spacial score (nSPS) is 16.4. The van der Waals surface area contributed by atoms with Crippen LogP contribution in [0.5, 0.6) is 0 Å². The van der Waals surface area contributed by atoms with Crippen molar-refractivity contribution in [1.29, 1.82) is 0 Å². The van der Waals surface area contributed by atoms with Gasteiger partial charge in [0.15, 0.2) is 5.69 Å². The largest absolute Gasteiger partial charge is 0.347 e. The molecule has 2 aromatic carbocycles. The van der Waals surface area contributed by atoms with E-state index in [4.69, 9.17) is 0 Å². The molecule has 2 aliphatic rings. The molecule has 7 nitrogen and oxygen atoms in total. The number of fused-ring (bicyclic) bond motifs is 1. The average Bonchev–Trinajstić information content (AvgIpc) is 3.47. The zero-order chi connectivity index (χ0) is 23.7. The van der Waals surface area contributed by atoms with E-state index >= 15 is 0 Å². The number of aromatic nitrogens is 2. The Morgan fingerprint density at radius 3 is 2.44 bits per heavy atom. The predicted molar refractivity (Wildman–Crippen MR) is 126 cm³/mol. The van der Waals surface area contributed by atoms with Gasteiger partial charge in [0.05, 0.1) is 4.90 Å². The maximum Gasteiger partial charge on any atom is 0.272 e. The van der Waals surface area contributed by atoms with E-state index in [0.29, 0.717) is 24.5 Å². The molecule has 1 aromatic heterocycles. The van der Waals surface area contributed by atoms with Crippen molar-refractivity contribution >= 4 is 15.9 Å².